The molecule has 7 heteroatoms. The molecule has 0 aromatic heterocycles. The summed E-state index contributed by atoms with van der Waals surface area (Å²) < 4.78 is 37.7. The number of benzene rings is 1. The zero-order chi connectivity index (χ0) is 15.0. The van der Waals surface area contributed by atoms with Crippen molar-refractivity contribution in [2.45, 2.75) is 36.1 Å². The van der Waals surface area contributed by atoms with Gasteiger partial charge in [0.25, 0.3) is 0 Å². The Balaban J connectivity index is 2.73. The molecule has 0 heterocycles. The second-order valence-electron chi connectivity index (χ2n) is 4.99. The molecule has 0 aliphatic heterocycles. The van der Waals surface area contributed by atoms with Crippen LogP contribution in [0.1, 0.15) is 31.2 Å². The molecule has 0 atom stereocenters. The maximum Gasteiger partial charge on any atom is 0.235 e. The molecule has 0 spiro atoms. The fourth-order valence-electron chi connectivity index (χ4n) is 2.75. The minimum Gasteiger partial charge on any atom is -0.506 e. The van der Waals surface area contributed by atoms with Crippen molar-refractivity contribution in [3.8, 4) is 5.75 Å². The topological polar surface area (TPSA) is 83.8 Å². The van der Waals surface area contributed by atoms with Crippen LogP contribution in [0, 0.1) is 5.82 Å². The minimum absolute atomic E-state index is 0.0246. The van der Waals surface area contributed by atoms with Crippen LogP contribution in [0.4, 0.5) is 4.39 Å². The number of carbonyl (C=O) groups excluding carboxylic acids is 1. The summed E-state index contributed by atoms with van der Waals surface area (Å²) in [6, 6.07) is 2.40. The zero-order valence-electron chi connectivity index (χ0n) is 10.9. The molecule has 0 radical (unpaired) electrons. The molecule has 0 unspecified atom stereocenters. The third-order valence-electron chi connectivity index (χ3n) is 3.64. The molecule has 1 aliphatic rings. The molecule has 1 aromatic carbocycles. The first-order valence-corrected chi connectivity index (χ1v) is 8.02. The van der Waals surface area contributed by atoms with Crippen LogP contribution in [0.3, 0.4) is 0 Å². The van der Waals surface area contributed by atoms with Crippen molar-refractivity contribution < 1.29 is 22.7 Å². The molecule has 1 N–H and O–H groups in total. The quantitative estimate of drug-likeness (QED) is 0.684. The molecular weight excluding hydrogens is 285 g/mol. The highest BCUT2D eigenvalue weighted by atomic mass is 32.2. The highest BCUT2D eigenvalue weighted by Gasteiger charge is 2.40. The van der Waals surface area contributed by atoms with Gasteiger partial charge in [0, 0.05) is 11.8 Å². The molecule has 5 nitrogen and oxygen atoms in total. The maximum absolute atomic E-state index is 14.5. The average Bonchev–Trinajstić information content (AvgIpc) is 2.77. The van der Waals surface area contributed by atoms with E-state index in [4.69, 9.17) is 0 Å². The van der Waals surface area contributed by atoms with Gasteiger partial charge in [-0.2, -0.15) is 4.99 Å². The lowest BCUT2D eigenvalue weighted by Gasteiger charge is -2.24. The zero-order valence-corrected chi connectivity index (χ0v) is 11.7. The van der Waals surface area contributed by atoms with Gasteiger partial charge in [0.05, 0.1) is 0 Å². The highest BCUT2D eigenvalue weighted by Crippen LogP contribution is 2.45. The summed E-state index contributed by atoms with van der Waals surface area (Å²) in [6.07, 6.45) is 4.69. The predicted octanol–water partition coefficient (Wildman–Crippen LogP) is 2.04. The number of aliphatic imine (C=N–C) groups is 1. The first kappa shape index (κ1) is 14.7. The first-order valence-electron chi connectivity index (χ1n) is 6.13. The van der Waals surface area contributed by atoms with E-state index in [-0.39, 0.29) is 5.56 Å². The number of phenols is 1. The third kappa shape index (κ3) is 2.34. The molecule has 108 valence electrons. The molecule has 1 aromatic rings. The van der Waals surface area contributed by atoms with Crippen LogP contribution in [0.5, 0.6) is 5.75 Å². The normalized spacial score (nSPS) is 17.7. The van der Waals surface area contributed by atoms with Gasteiger partial charge in [-0.25, -0.2) is 17.6 Å². The Kier molecular flexibility index (Phi) is 3.67. The number of phenolic OH excluding ortho intramolecular Hbond substituents is 1. The van der Waals surface area contributed by atoms with E-state index in [9.17, 15) is 22.7 Å². The van der Waals surface area contributed by atoms with Crippen molar-refractivity contribution in [3.05, 3.63) is 23.5 Å². The van der Waals surface area contributed by atoms with Crippen LogP contribution in [0.15, 0.2) is 22.0 Å². The molecular formula is C13H14FNO4S. The number of aromatic hydroxyl groups is 1. The van der Waals surface area contributed by atoms with E-state index in [1.807, 2.05) is 0 Å². The lowest BCUT2D eigenvalue weighted by molar-refractivity contribution is 0.407. The van der Waals surface area contributed by atoms with Gasteiger partial charge in [-0.05, 0) is 25.0 Å². The van der Waals surface area contributed by atoms with Crippen LogP contribution >= 0.6 is 0 Å². The number of rotatable bonds is 3. The van der Waals surface area contributed by atoms with E-state index in [1.165, 1.54) is 12.1 Å². The van der Waals surface area contributed by atoms with Gasteiger partial charge >= 0.3 is 0 Å². The minimum atomic E-state index is -3.92. The summed E-state index contributed by atoms with van der Waals surface area (Å²) in [5, 5.41) is 9.58. The van der Waals surface area contributed by atoms with Crippen LogP contribution in [0.25, 0.3) is 0 Å². The maximum atomic E-state index is 14.5. The van der Waals surface area contributed by atoms with Gasteiger partial charge in [-0.3, -0.25) is 0 Å². The van der Waals surface area contributed by atoms with E-state index in [1.54, 1.807) is 0 Å². The summed E-state index contributed by atoms with van der Waals surface area (Å²) in [4.78, 5) is 13.6. The Bertz CT molecular complexity index is 687. The van der Waals surface area contributed by atoms with Crippen molar-refractivity contribution >= 4 is 15.9 Å². The van der Waals surface area contributed by atoms with Gasteiger partial charge in [-0.15, -0.1) is 0 Å². The summed E-state index contributed by atoms with van der Waals surface area (Å²) in [5.41, 5.74) is -1.05. The summed E-state index contributed by atoms with van der Waals surface area (Å²) >= 11 is 0. The second-order valence-corrected chi connectivity index (χ2v) is 6.94. The highest BCUT2D eigenvalue weighted by molar-refractivity contribution is 7.90. The van der Waals surface area contributed by atoms with Gasteiger partial charge in [0.1, 0.15) is 16.2 Å². The standard InChI is InChI=1S/C13H14FNO4S/c1-20(18,19)12-10(17)5-4-9(11(12)14)13(15-8-16)6-2-3-7-13/h4-5,17H,2-3,6-7H2,1H3. The molecule has 1 fully saturated rings. The average molecular weight is 299 g/mol. The lowest BCUT2D eigenvalue weighted by Crippen LogP contribution is -2.22. The summed E-state index contributed by atoms with van der Waals surface area (Å²) in [5.74, 6) is -1.68. The largest absolute Gasteiger partial charge is 0.506 e. The lowest BCUT2D eigenvalue weighted by atomic mass is 9.88. The first-order chi connectivity index (χ1) is 9.32. The number of sulfone groups is 1. The number of hydrogen-bond acceptors (Lipinski definition) is 5. The van der Waals surface area contributed by atoms with Crippen molar-refractivity contribution in [2.75, 3.05) is 6.26 Å². The SMILES string of the molecule is CS(=O)(=O)c1c(O)ccc(C2(N=C=O)CCCC2)c1F. The smallest absolute Gasteiger partial charge is 0.235 e. The van der Waals surface area contributed by atoms with Gasteiger partial charge < -0.3 is 5.11 Å². The molecule has 0 saturated heterocycles. The Labute approximate surface area is 116 Å². The van der Waals surface area contributed by atoms with Gasteiger partial charge in [-0.1, -0.05) is 12.8 Å². The molecule has 1 aliphatic carbocycles. The van der Waals surface area contributed by atoms with E-state index in [0.29, 0.717) is 12.8 Å². The number of hydrogen-bond donors (Lipinski definition) is 1. The van der Waals surface area contributed by atoms with Gasteiger partial charge in [0.2, 0.25) is 6.08 Å². The van der Waals surface area contributed by atoms with Crippen molar-refractivity contribution in [1.82, 2.24) is 0 Å². The Morgan fingerprint density at radius 3 is 2.45 bits per heavy atom. The Morgan fingerprint density at radius 2 is 1.95 bits per heavy atom. The van der Waals surface area contributed by atoms with Crippen molar-refractivity contribution in [3.63, 3.8) is 0 Å². The van der Waals surface area contributed by atoms with Crippen molar-refractivity contribution in [2.24, 2.45) is 4.99 Å². The molecule has 0 amide bonds. The van der Waals surface area contributed by atoms with Crippen molar-refractivity contribution in [1.29, 1.82) is 0 Å². The number of nitrogens with zero attached hydrogens (tertiary/aromatic N) is 1. The molecule has 20 heavy (non-hydrogen) atoms. The summed E-state index contributed by atoms with van der Waals surface area (Å²) in [7, 11) is -3.92. The van der Waals surface area contributed by atoms with E-state index in [2.05, 4.69) is 4.99 Å². The third-order valence-corrected chi connectivity index (χ3v) is 4.77. The van der Waals surface area contributed by atoms with Gasteiger partial charge in [0.15, 0.2) is 15.7 Å². The summed E-state index contributed by atoms with van der Waals surface area (Å²) in [6.45, 7) is 0. The van der Waals surface area contributed by atoms with E-state index < -0.39 is 31.8 Å². The van der Waals surface area contributed by atoms with Crippen LogP contribution in [0.2, 0.25) is 0 Å². The monoisotopic (exact) mass is 299 g/mol. The van der Waals surface area contributed by atoms with Crippen LogP contribution in [-0.4, -0.2) is 25.9 Å². The number of isocyanates is 1. The Hall–Kier alpha value is -1.72. The fraction of sp³-hybridized carbons (Fsp3) is 0.462. The van der Waals surface area contributed by atoms with Crippen LogP contribution in [-0.2, 0) is 20.2 Å². The van der Waals surface area contributed by atoms with Crippen LogP contribution < -0.4 is 0 Å². The Morgan fingerprint density at radius 1 is 1.35 bits per heavy atom. The fourth-order valence-corrected chi connectivity index (χ4v) is 3.63. The molecule has 2 rings (SSSR count). The predicted molar refractivity (Wildman–Crippen MR) is 69.4 cm³/mol. The second kappa shape index (κ2) is 5.00. The molecule has 1 saturated carbocycles. The molecule has 0 bridgehead atoms. The van der Waals surface area contributed by atoms with E-state index in [0.717, 1.165) is 25.2 Å². The number of halogens is 1. The van der Waals surface area contributed by atoms with E-state index >= 15 is 0 Å².